The van der Waals surface area contributed by atoms with E-state index in [1.807, 2.05) is 66.4 Å². The molecule has 0 radical (unpaired) electrons. The van der Waals surface area contributed by atoms with Gasteiger partial charge in [0.15, 0.2) is 11.6 Å². The Kier molecular flexibility index (Phi) is 7.08. The maximum Gasteiger partial charge on any atom is 0.225 e. The normalized spacial score (nSPS) is 16.2. The Balaban J connectivity index is 0.00000225. The van der Waals surface area contributed by atoms with Crippen LogP contribution >= 0.6 is 24.2 Å². The SMILES string of the molecule is Cl.O=C(CC1CSCCN1)Nc1ccccc1-c1nc(-c2ccccc2)n[nH]1. The van der Waals surface area contributed by atoms with Gasteiger partial charge in [0, 0.05) is 41.6 Å². The summed E-state index contributed by atoms with van der Waals surface area (Å²) in [5.74, 6) is 3.35. The first kappa shape index (κ1) is 20.4. The number of anilines is 1. The van der Waals surface area contributed by atoms with E-state index < -0.39 is 0 Å². The summed E-state index contributed by atoms with van der Waals surface area (Å²) in [6.45, 7) is 0.958. The largest absolute Gasteiger partial charge is 0.325 e. The Morgan fingerprint density at radius 3 is 2.71 bits per heavy atom. The van der Waals surface area contributed by atoms with Gasteiger partial charge < -0.3 is 10.6 Å². The molecule has 2 heterocycles. The molecule has 0 spiro atoms. The zero-order valence-electron chi connectivity index (χ0n) is 15.2. The predicted molar refractivity (Wildman–Crippen MR) is 117 cm³/mol. The van der Waals surface area contributed by atoms with E-state index in [9.17, 15) is 4.79 Å². The minimum atomic E-state index is 0. The van der Waals surface area contributed by atoms with Crippen LogP contribution in [-0.2, 0) is 4.79 Å². The highest BCUT2D eigenvalue weighted by Gasteiger charge is 2.18. The van der Waals surface area contributed by atoms with Crippen LogP contribution < -0.4 is 10.6 Å². The lowest BCUT2D eigenvalue weighted by molar-refractivity contribution is -0.116. The topological polar surface area (TPSA) is 82.7 Å². The number of benzene rings is 2. The van der Waals surface area contributed by atoms with Crippen molar-refractivity contribution in [2.45, 2.75) is 12.5 Å². The molecule has 1 atom stereocenters. The number of carbonyl (C=O) groups excluding carboxylic acids is 1. The molecule has 6 nitrogen and oxygen atoms in total. The van der Waals surface area contributed by atoms with E-state index in [-0.39, 0.29) is 24.4 Å². The second-order valence-electron chi connectivity index (χ2n) is 6.40. The van der Waals surface area contributed by atoms with Gasteiger partial charge in [-0.15, -0.1) is 12.4 Å². The van der Waals surface area contributed by atoms with Gasteiger partial charge in [-0.3, -0.25) is 9.89 Å². The summed E-state index contributed by atoms with van der Waals surface area (Å²) in [6, 6.07) is 17.7. The van der Waals surface area contributed by atoms with Crippen molar-refractivity contribution in [2.24, 2.45) is 0 Å². The van der Waals surface area contributed by atoms with Crippen molar-refractivity contribution in [3.05, 3.63) is 54.6 Å². The molecule has 1 amide bonds. The maximum absolute atomic E-state index is 12.5. The molecule has 28 heavy (non-hydrogen) atoms. The van der Waals surface area contributed by atoms with Gasteiger partial charge in [-0.2, -0.15) is 16.9 Å². The Labute approximate surface area is 174 Å². The number of hydrogen-bond acceptors (Lipinski definition) is 5. The number of halogens is 1. The zero-order chi connectivity index (χ0) is 18.5. The van der Waals surface area contributed by atoms with Crippen molar-refractivity contribution in [3.8, 4) is 22.8 Å². The highest BCUT2D eigenvalue weighted by Crippen LogP contribution is 2.27. The van der Waals surface area contributed by atoms with E-state index >= 15 is 0 Å². The average molecular weight is 416 g/mol. The van der Waals surface area contributed by atoms with Crippen LogP contribution in [-0.4, -0.2) is 45.2 Å². The van der Waals surface area contributed by atoms with E-state index in [2.05, 4.69) is 25.8 Å². The zero-order valence-corrected chi connectivity index (χ0v) is 16.9. The summed E-state index contributed by atoms with van der Waals surface area (Å²) in [7, 11) is 0. The smallest absolute Gasteiger partial charge is 0.225 e. The first-order valence-electron chi connectivity index (χ1n) is 8.98. The van der Waals surface area contributed by atoms with Crippen LogP contribution in [0.5, 0.6) is 0 Å². The van der Waals surface area contributed by atoms with Crippen LogP contribution in [0.3, 0.4) is 0 Å². The summed E-state index contributed by atoms with van der Waals surface area (Å²) in [4.78, 5) is 17.1. The highest BCUT2D eigenvalue weighted by molar-refractivity contribution is 7.99. The highest BCUT2D eigenvalue weighted by atomic mass is 35.5. The molecular weight excluding hydrogens is 394 g/mol. The van der Waals surface area contributed by atoms with Crippen molar-refractivity contribution in [2.75, 3.05) is 23.4 Å². The number of aromatic amines is 1. The van der Waals surface area contributed by atoms with Gasteiger partial charge in [-0.25, -0.2) is 4.98 Å². The fraction of sp³-hybridized carbons (Fsp3) is 0.250. The van der Waals surface area contributed by atoms with Crippen molar-refractivity contribution in [1.82, 2.24) is 20.5 Å². The van der Waals surface area contributed by atoms with Gasteiger partial charge in [0.05, 0.1) is 5.69 Å². The molecule has 0 aliphatic carbocycles. The first-order valence-corrected chi connectivity index (χ1v) is 10.1. The van der Waals surface area contributed by atoms with Crippen molar-refractivity contribution >= 4 is 35.8 Å². The molecule has 1 fully saturated rings. The Hall–Kier alpha value is -2.35. The minimum Gasteiger partial charge on any atom is -0.325 e. The molecule has 0 saturated carbocycles. The molecule has 3 N–H and O–H groups in total. The van der Waals surface area contributed by atoms with Gasteiger partial charge in [0.1, 0.15) is 0 Å². The van der Waals surface area contributed by atoms with Crippen LogP contribution in [0.1, 0.15) is 6.42 Å². The number of H-pyrrole nitrogens is 1. The quantitative estimate of drug-likeness (QED) is 0.593. The number of hydrogen-bond donors (Lipinski definition) is 3. The van der Waals surface area contributed by atoms with E-state index in [4.69, 9.17) is 0 Å². The van der Waals surface area contributed by atoms with E-state index in [0.29, 0.717) is 18.1 Å². The second-order valence-corrected chi connectivity index (χ2v) is 7.55. The fourth-order valence-corrected chi connectivity index (χ4v) is 4.02. The number of para-hydroxylation sites is 1. The van der Waals surface area contributed by atoms with Crippen molar-refractivity contribution in [3.63, 3.8) is 0 Å². The third kappa shape index (κ3) is 4.92. The van der Waals surface area contributed by atoms with Crippen LogP contribution in [0.25, 0.3) is 22.8 Å². The number of nitrogens with one attached hydrogen (secondary N) is 3. The molecular formula is C20H22ClN5OS. The second kappa shape index (κ2) is 9.73. The van der Waals surface area contributed by atoms with Crippen LogP contribution in [0, 0.1) is 0 Å². The van der Waals surface area contributed by atoms with Crippen LogP contribution in [0.15, 0.2) is 54.6 Å². The lowest BCUT2D eigenvalue weighted by atomic mass is 10.1. The van der Waals surface area contributed by atoms with Crippen molar-refractivity contribution < 1.29 is 4.79 Å². The molecule has 146 valence electrons. The molecule has 4 rings (SSSR count). The van der Waals surface area contributed by atoms with E-state index in [1.54, 1.807) is 0 Å². The molecule has 1 aliphatic rings. The van der Waals surface area contributed by atoms with Crippen LogP contribution in [0.2, 0.25) is 0 Å². The number of amides is 1. The van der Waals surface area contributed by atoms with Gasteiger partial charge in [-0.05, 0) is 12.1 Å². The van der Waals surface area contributed by atoms with Gasteiger partial charge in [-0.1, -0.05) is 42.5 Å². The van der Waals surface area contributed by atoms with E-state index in [0.717, 1.165) is 34.9 Å². The standard InChI is InChI=1S/C20H21N5OS.ClH/c26-18(12-15-13-27-11-10-21-15)22-17-9-5-4-8-16(17)20-23-19(24-25-20)14-6-2-1-3-7-14;/h1-9,15,21H,10-13H2,(H,22,26)(H,23,24,25);1H. The van der Waals surface area contributed by atoms with Crippen molar-refractivity contribution in [1.29, 1.82) is 0 Å². The maximum atomic E-state index is 12.5. The number of nitrogens with zero attached hydrogens (tertiary/aromatic N) is 2. The summed E-state index contributed by atoms with van der Waals surface area (Å²) in [6.07, 6.45) is 0.465. The lowest BCUT2D eigenvalue weighted by Crippen LogP contribution is -2.39. The predicted octanol–water partition coefficient (Wildman–Crippen LogP) is 3.59. The summed E-state index contributed by atoms with van der Waals surface area (Å²) in [5, 5.41) is 13.7. The Bertz CT molecular complexity index is 912. The Morgan fingerprint density at radius 2 is 1.93 bits per heavy atom. The monoisotopic (exact) mass is 415 g/mol. The van der Waals surface area contributed by atoms with E-state index in [1.165, 1.54) is 0 Å². The molecule has 0 bridgehead atoms. The lowest BCUT2D eigenvalue weighted by Gasteiger charge is -2.22. The number of aromatic nitrogens is 3. The first-order chi connectivity index (χ1) is 13.3. The number of thioether (sulfide) groups is 1. The molecule has 1 aromatic heterocycles. The van der Waals surface area contributed by atoms with Gasteiger partial charge >= 0.3 is 0 Å². The minimum absolute atomic E-state index is 0. The Morgan fingerprint density at radius 1 is 1.14 bits per heavy atom. The average Bonchev–Trinajstić information content (AvgIpc) is 3.20. The molecule has 3 aromatic rings. The van der Waals surface area contributed by atoms with Gasteiger partial charge in [0.25, 0.3) is 0 Å². The third-order valence-electron chi connectivity index (χ3n) is 4.40. The molecule has 2 aromatic carbocycles. The number of rotatable bonds is 5. The van der Waals surface area contributed by atoms with Gasteiger partial charge in [0.2, 0.25) is 5.91 Å². The van der Waals surface area contributed by atoms with Crippen LogP contribution in [0.4, 0.5) is 5.69 Å². The molecule has 8 heteroatoms. The fourth-order valence-electron chi connectivity index (χ4n) is 3.07. The summed E-state index contributed by atoms with van der Waals surface area (Å²) in [5.41, 5.74) is 2.51. The number of carbonyl (C=O) groups is 1. The molecule has 1 aliphatic heterocycles. The summed E-state index contributed by atoms with van der Waals surface area (Å²) < 4.78 is 0. The molecule has 1 saturated heterocycles. The third-order valence-corrected chi connectivity index (χ3v) is 5.53. The molecule has 1 unspecified atom stereocenters. The summed E-state index contributed by atoms with van der Waals surface area (Å²) >= 11 is 1.89.